The molecule has 0 aromatic heterocycles. The molecule has 0 saturated carbocycles. The van der Waals surface area contributed by atoms with Gasteiger partial charge in [-0.3, -0.25) is 9.59 Å². The maximum Gasteiger partial charge on any atom is 0.245 e. The maximum absolute atomic E-state index is 10.8. The van der Waals surface area contributed by atoms with Crippen molar-refractivity contribution < 1.29 is 9.59 Å². The van der Waals surface area contributed by atoms with Crippen LogP contribution < -0.4 is 10.6 Å². The van der Waals surface area contributed by atoms with Crippen molar-refractivity contribution in [3.05, 3.63) is 23.0 Å². The van der Waals surface area contributed by atoms with Crippen molar-refractivity contribution in [3.63, 3.8) is 0 Å². The molecule has 0 radical (unpaired) electrons. The Morgan fingerprint density at radius 2 is 1.38 bits per heavy atom. The number of amides is 2. The Labute approximate surface area is 97.4 Å². The highest BCUT2D eigenvalue weighted by Crippen LogP contribution is 2.01. The average molecular weight is 258 g/mol. The molecule has 0 fully saturated rings. The minimum absolute atomic E-state index is 0.0915. The number of nitrogens with zero attached hydrogens (tertiary/aromatic N) is 2. The molecule has 0 spiro atoms. The Hall–Kier alpha value is -1.28. The smallest absolute Gasteiger partial charge is 0.245 e. The van der Waals surface area contributed by atoms with Crippen LogP contribution in [0.4, 0.5) is 0 Å². The van der Waals surface area contributed by atoms with E-state index in [1.807, 2.05) is 0 Å². The molecule has 0 aromatic rings. The summed E-state index contributed by atoms with van der Waals surface area (Å²) in [5, 5.41) is 8.85. The maximum atomic E-state index is 10.8. The Bertz CT molecular complexity index is 411. The molecular weight excluding hydrogens is 248 g/mol. The minimum atomic E-state index is -0.370. The van der Waals surface area contributed by atoms with E-state index in [9.17, 15) is 9.59 Å². The summed E-state index contributed by atoms with van der Waals surface area (Å²) >= 11 is 0. The summed E-state index contributed by atoms with van der Waals surface area (Å²) in [5.41, 5.74) is 0. The van der Waals surface area contributed by atoms with Gasteiger partial charge in [0.25, 0.3) is 0 Å². The third-order valence-corrected chi connectivity index (χ3v) is 4.25. The van der Waals surface area contributed by atoms with Crippen LogP contribution in [0.25, 0.3) is 0 Å². The molecular formula is C8H10N4O2S2. The largest absolute Gasteiger partial charge is 0.342 e. The van der Waals surface area contributed by atoms with Gasteiger partial charge in [0.05, 0.1) is 11.8 Å². The van der Waals surface area contributed by atoms with E-state index in [1.165, 1.54) is 12.2 Å². The Morgan fingerprint density at radius 3 is 1.69 bits per heavy atom. The fourth-order valence-corrected chi connectivity index (χ4v) is 3.23. The number of rotatable bonds is 1. The molecule has 2 atom stereocenters. The summed E-state index contributed by atoms with van der Waals surface area (Å²) in [6, 6.07) is 0. The predicted molar refractivity (Wildman–Crippen MR) is 63.9 cm³/mol. The summed E-state index contributed by atoms with van der Waals surface area (Å²) in [4.78, 5) is 21.7. The highest BCUT2D eigenvalue weighted by Gasteiger charge is 2.06. The Morgan fingerprint density at radius 1 is 0.938 bits per heavy atom. The average Bonchev–Trinajstić information content (AvgIpc) is 2.30. The van der Waals surface area contributed by atoms with E-state index in [4.69, 9.17) is 0 Å². The first-order valence-electron chi connectivity index (χ1n) is 4.47. The van der Waals surface area contributed by atoms with Crippen LogP contribution in [0, 0.1) is 0 Å². The van der Waals surface area contributed by atoms with Gasteiger partial charge in [-0.25, -0.2) is 0 Å². The van der Waals surface area contributed by atoms with Gasteiger partial charge in [-0.2, -0.15) is 0 Å². The molecule has 2 N–H and O–H groups in total. The number of hydrogen-bond acceptors (Lipinski definition) is 2. The van der Waals surface area contributed by atoms with E-state index < -0.39 is 0 Å². The first-order chi connectivity index (χ1) is 7.74. The van der Waals surface area contributed by atoms with E-state index in [1.54, 1.807) is 10.8 Å². The van der Waals surface area contributed by atoms with Gasteiger partial charge in [-0.15, -0.1) is 8.94 Å². The molecule has 2 aliphatic rings. The molecule has 0 bridgehead atoms. The van der Waals surface area contributed by atoms with Crippen molar-refractivity contribution in [1.29, 1.82) is 0 Å². The van der Waals surface area contributed by atoms with Gasteiger partial charge in [0.15, 0.2) is 0 Å². The summed E-state index contributed by atoms with van der Waals surface area (Å²) < 4.78 is 8.25. The molecule has 2 aliphatic heterocycles. The second-order valence-corrected chi connectivity index (χ2v) is 5.99. The summed E-state index contributed by atoms with van der Waals surface area (Å²) in [7, 11) is -0.739. The number of nitrogens with one attached hydrogen (secondary N) is 2. The molecule has 2 unspecified atom stereocenters. The van der Waals surface area contributed by atoms with E-state index >= 15 is 0 Å². The van der Waals surface area contributed by atoms with Gasteiger partial charge >= 0.3 is 0 Å². The molecule has 16 heavy (non-hydrogen) atoms. The number of carbonyl (C=O) groups is 2. The molecule has 2 amide bonds. The van der Waals surface area contributed by atoms with Crippen LogP contribution >= 0.6 is 0 Å². The lowest BCUT2D eigenvalue weighted by Crippen LogP contribution is -2.28. The lowest BCUT2D eigenvalue weighted by atomic mass is 10.6. The fraction of sp³-hybridized carbons (Fsp3) is 0.250. The van der Waals surface area contributed by atoms with Crippen LogP contribution in [0.3, 0.4) is 0 Å². The molecule has 0 aromatic carbocycles. The molecule has 86 valence electrons. The van der Waals surface area contributed by atoms with Crippen LogP contribution in [0.2, 0.25) is 0 Å². The van der Waals surface area contributed by atoms with Gasteiger partial charge < -0.3 is 10.6 Å². The monoisotopic (exact) mass is 258 g/mol. The Balaban J connectivity index is 2.05. The highest BCUT2D eigenvalue weighted by molar-refractivity contribution is 7.92. The van der Waals surface area contributed by atoms with E-state index in [0.29, 0.717) is 11.8 Å². The SMILES string of the molecule is O=C1C=C/S(=N\N=S2/C=CC(=O)NC2)CN1. The second kappa shape index (κ2) is 5.17. The molecule has 6 nitrogen and oxygen atoms in total. The van der Waals surface area contributed by atoms with Crippen molar-refractivity contribution in [2.45, 2.75) is 0 Å². The topological polar surface area (TPSA) is 82.9 Å². The zero-order chi connectivity index (χ0) is 11.4. The predicted octanol–water partition coefficient (Wildman–Crippen LogP) is -0.293. The van der Waals surface area contributed by atoms with Crippen LogP contribution in [0.1, 0.15) is 0 Å². The summed E-state index contributed by atoms with van der Waals surface area (Å²) in [6.45, 7) is 0. The van der Waals surface area contributed by atoms with Gasteiger partial charge in [0.1, 0.15) is 0 Å². The third kappa shape index (κ3) is 3.11. The van der Waals surface area contributed by atoms with Gasteiger partial charge in [0, 0.05) is 12.2 Å². The van der Waals surface area contributed by atoms with Gasteiger partial charge in [-0.1, -0.05) is 0 Å². The number of hydrogen-bond donors (Lipinski definition) is 2. The van der Waals surface area contributed by atoms with E-state index in [-0.39, 0.29) is 33.2 Å². The van der Waals surface area contributed by atoms with Crippen molar-refractivity contribution in [3.8, 4) is 0 Å². The first-order valence-corrected chi connectivity index (χ1v) is 7.30. The van der Waals surface area contributed by atoms with E-state index in [2.05, 4.69) is 19.6 Å². The highest BCUT2D eigenvalue weighted by atomic mass is 32.2. The third-order valence-electron chi connectivity index (χ3n) is 1.78. The summed E-state index contributed by atoms with van der Waals surface area (Å²) in [6.07, 6.45) is 2.93. The standard InChI is InChI=1S/C8H10N4O2S2/c13-7-1-3-15(5-9-7)11-12-16-4-2-8(14)10-6-16/h1-4H,5-6H2,(H,9,13)(H,10,14). The lowest BCUT2D eigenvalue weighted by molar-refractivity contribution is -0.117. The van der Waals surface area contributed by atoms with Crippen LogP contribution in [-0.4, -0.2) is 23.6 Å². The van der Waals surface area contributed by atoms with Gasteiger partial charge in [-0.05, 0) is 32.2 Å². The van der Waals surface area contributed by atoms with Crippen LogP contribution in [0.15, 0.2) is 31.9 Å². The molecule has 2 rings (SSSR count). The minimum Gasteiger partial charge on any atom is -0.342 e. The summed E-state index contributed by atoms with van der Waals surface area (Å²) in [5.74, 6) is 0.829. The zero-order valence-electron chi connectivity index (χ0n) is 8.25. The second-order valence-electron chi connectivity index (χ2n) is 2.94. The molecule has 2 heterocycles. The van der Waals surface area contributed by atoms with Crippen LogP contribution in [0.5, 0.6) is 0 Å². The lowest BCUT2D eigenvalue weighted by Gasteiger charge is -2.09. The van der Waals surface area contributed by atoms with Crippen molar-refractivity contribution in [1.82, 2.24) is 10.6 Å². The number of carbonyl (C=O) groups excluding carboxylic acids is 2. The molecule has 0 saturated heterocycles. The van der Waals surface area contributed by atoms with Crippen molar-refractivity contribution in [2.24, 2.45) is 8.94 Å². The fourth-order valence-electron chi connectivity index (χ4n) is 0.983. The van der Waals surface area contributed by atoms with Crippen LogP contribution in [-0.2, 0) is 31.0 Å². The normalized spacial score (nSPS) is 29.2. The molecule has 8 heteroatoms. The first kappa shape index (κ1) is 11.2. The van der Waals surface area contributed by atoms with E-state index in [0.717, 1.165) is 0 Å². The quantitative estimate of drug-likeness (QED) is 0.633. The molecule has 0 aliphatic carbocycles. The van der Waals surface area contributed by atoms with Crippen molar-refractivity contribution in [2.75, 3.05) is 11.8 Å². The van der Waals surface area contributed by atoms with Gasteiger partial charge in [0.2, 0.25) is 11.8 Å². The Kier molecular flexibility index (Phi) is 3.62. The van der Waals surface area contributed by atoms with Crippen molar-refractivity contribution >= 4 is 33.2 Å². The zero-order valence-corrected chi connectivity index (χ0v) is 9.88.